The molecule has 7 nitrogen and oxygen atoms in total. The first kappa shape index (κ1) is 25.4. The Morgan fingerprint density at radius 2 is 2.00 bits per heavy atom. The Labute approximate surface area is 226 Å². The average molecular weight is 529 g/mol. The summed E-state index contributed by atoms with van der Waals surface area (Å²) in [5.41, 5.74) is 0.753. The quantitative estimate of drug-likeness (QED) is 0.382. The zero-order valence-electron chi connectivity index (χ0n) is 21.9. The van der Waals surface area contributed by atoms with Gasteiger partial charge in [0.2, 0.25) is 5.95 Å². The largest absolute Gasteiger partial charge is 0.378 e. The van der Waals surface area contributed by atoms with E-state index in [0.717, 1.165) is 19.5 Å². The van der Waals surface area contributed by atoms with Gasteiger partial charge in [-0.05, 0) is 30.8 Å². The van der Waals surface area contributed by atoms with Crippen molar-refractivity contribution in [2.24, 2.45) is 0 Å². The Morgan fingerprint density at radius 3 is 2.77 bits per heavy atom. The summed E-state index contributed by atoms with van der Waals surface area (Å²) in [5, 5.41) is 5.26. The number of fused-ring (bicyclic) bond motifs is 2. The normalized spacial score (nSPS) is 17.9. The Morgan fingerprint density at radius 1 is 1.15 bits per heavy atom. The van der Waals surface area contributed by atoms with E-state index in [9.17, 15) is 4.39 Å². The van der Waals surface area contributed by atoms with Gasteiger partial charge in [-0.15, -0.1) is 6.42 Å². The molecule has 0 unspecified atom stereocenters. The molecule has 0 saturated carbocycles. The standard InChI is InChI=1S/C30H30F2N6O/c1-3-21-24(31)11-10-19-7-6-9-22(25(19)21)27-26(32)28-23(17-34-27)29(37(2)18-20-8-4-5-12-33-20)36-30(35-28)38-13-15-39-16-14-38/h1,6-7,9-11,17,20,33H,4-5,8,12-16,18H2,2H3/t20-/m1/s1. The third-order valence-corrected chi connectivity index (χ3v) is 7.61. The summed E-state index contributed by atoms with van der Waals surface area (Å²) in [7, 11) is 1.97. The lowest BCUT2D eigenvalue weighted by molar-refractivity contribution is 0.122. The third-order valence-electron chi connectivity index (χ3n) is 7.61. The average Bonchev–Trinajstić information content (AvgIpc) is 2.98. The van der Waals surface area contributed by atoms with Crippen molar-refractivity contribution in [1.29, 1.82) is 0 Å². The van der Waals surface area contributed by atoms with E-state index in [0.29, 0.717) is 65.8 Å². The lowest BCUT2D eigenvalue weighted by Gasteiger charge is -2.31. The van der Waals surface area contributed by atoms with Gasteiger partial charge in [-0.3, -0.25) is 4.98 Å². The maximum absolute atomic E-state index is 16.5. The molecule has 2 aromatic heterocycles. The summed E-state index contributed by atoms with van der Waals surface area (Å²) in [4.78, 5) is 18.2. The number of morpholine rings is 1. The van der Waals surface area contributed by atoms with E-state index in [-0.39, 0.29) is 16.8 Å². The molecule has 2 aliphatic rings. The molecule has 2 aromatic carbocycles. The monoisotopic (exact) mass is 528 g/mol. The molecule has 9 heteroatoms. The minimum atomic E-state index is -0.588. The van der Waals surface area contributed by atoms with Crippen molar-refractivity contribution in [3.8, 4) is 23.6 Å². The van der Waals surface area contributed by atoms with Crippen LogP contribution in [0.2, 0.25) is 0 Å². The minimum absolute atomic E-state index is 0.0735. The fraction of sp³-hybridized carbons (Fsp3) is 0.367. The van der Waals surface area contributed by atoms with Crippen molar-refractivity contribution < 1.29 is 13.5 Å². The molecule has 1 atom stereocenters. The number of ether oxygens (including phenoxy) is 1. The molecule has 2 aliphatic heterocycles. The van der Waals surface area contributed by atoms with E-state index >= 15 is 4.39 Å². The molecule has 0 spiro atoms. The van der Waals surface area contributed by atoms with Gasteiger partial charge in [0.25, 0.3) is 0 Å². The predicted octanol–water partition coefficient (Wildman–Crippen LogP) is 4.52. The molecule has 2 saturated heterocycles. The first-order chi connectivity index (χ1) is 19.0. The molecule has 4 aromatic rings. The number of hydrogen-bond donors (Lipinski definition) is 1. The van der Waals surface area contributed by atoms with Crippen LogP contribution in [-0.4, -0.2) is 67.4 Å². The summed E-state index contributed by atoms with van der Waals surface area (Å²) in [6.45, 7) is 4.07. The second kappa shape index (κ2) is 10.7. The Bertz CT molecular complexity index is 1570. The molecule has 0 radical (unpaired) electrons. The molecule has 0 aliphatic carbocycles. The molecule has 200 valence electrons. The molecule has 6 rings (SSSR count). The van der Waals surface area contributed by atoms with Gasteiger partial charge in [0, 0.05) is 49.9 Å². The number of terminal acetylenes is 1. The summed E-state index contributed by atoms with van der Waals surface area (Å²) in [6.07, 6.45) is 10.7. The number of hydrogen-bond acceptors (Lipinski definition) is 7. The first-order valence-electron chi connectivity index (χ1n) is 13.4. The van der Waals surface area contributed by atoms with Gasteiger partial charge in [0.1, 0.15) is 22.8 Å². The molecular formula is C30H30F2N6O. The van der Waals surface area contributed by atoms with Crippen LogP contribution in [0.4, 0.5) is 20.5 Å². The number of halogens is 2. The fourth-order valence-electron chi connectivity index (χ4n) is 5.60. The van der Waals surface area contributed by atoms with Crippen LogP contribution in [0.15, 0.2) is 36.5 Å². The maximum atomic E-state index is 16.5. The first-order valence-corrected chi connectivity index (χ1v) is 13.4. The number of nitrogens with zero attached hydrogens (tertiary/aromatic N) is 5. The van der Waals surface area contributed by atoms with Gasteiger partial charge >= 0.3 is 0 Å². The number of benzene rings is 2. The number of nitrogens with one attached hydrogen (secondary N) is 1. The fourth-order valence-corrected chi connectivity index (χ4v) is 5.60. The summed E-state index contributed by atoms with van der Waals surface area (Å²) in [5.74, 6) is 2.40. The van der Waals surface area contributed by atoms with Crippen LogP contribution in [0, 0.1) is 24.0 Å². The van der Waals surface area contributed by atoms with Crippen LogP contribution < -0.4 is 15.1 Å². The molecule has 1 N–H and O–H groups in total. The van der Waals surface area contributed by atoms with E-state index in [1.807, 2.05) is 18.0 Å². The Balaban J connectivity index is 1.53. The minimum Gasteiger partial charge on any atom is -0.378 e. The summed E-state index contributed by atoms with van der Waals surface area (Å²) < 4.78 is 36.7. The zero-order chi connectivity index (χ0) is 26.9. The SMILES string of the molecule is C#Cc1c(F)ccc2cccc(-c3ncc4c(N(C)C[C@H]5CCCCN5)nc(N5CCOCC5)nc4c3F)c12. The topological polar surface area (TPSA) is 66.4 Å². The highest BCUT2D eigenvalue weighted by molar-refractivity contribution is 6.02. The maximum Gasteiger partial charge on any atom is 0.228 e. The van der Waals surface area contributed by atoms with Gasteiger partial charge in [0.15, 0.2) is 5.82 Å². The number of rotatable bonds is 5. The second-order valence-corrected chi connectivity index (χ2v) is 10.1. The van der Waals surface area contributed by atoms with E-state index in [1.54, 1.807) is 24.4 Å². The number of piperidine rings is 1. The van der Waals surface area contributed by atoms with Gasteiger partial charge in [-0.2, -0.15) is 4.98 Å². The third kappa shape index (κ3) is 4.75. The Kier molecular flexibility index (Phi) is 6.98. The van der Waals surface area contributed by atoms with Crippen molar-refractivity contribution in [1.82, 2.24) is 20.3 Å². The second-order valence-electron chi connectivity index (χ2n) is 10.1. The van der Waals surface area contributed by atoms with Crippen LogP contribution in [0.3, 0.4) is 0 Å². The van der Waals surface area contributed by atoms with E-state index < -0.39 is 11.6 Å². The van der Waals surface area contributed by atoms with Gasteiger partial charge in [0.05, 0.1) is 24.2 Å². The van der Waals surface area contributed by atoms with Crippen LogP contribution >= 0.6 is 0 Å². The summed E-state index contributed by atoms with van der Waals surface area (Å²) >= 11 is 0. The lowest BCUT2D eigenvalue weighted by Crippen LogP contribution is -2.43. The van der Waals surface area contributed by atoms with Crippen LogP contribution in [0.25, 0.3) is 32.9 Å². The van der Waals surface area contributed by atoms with E-state index in [2.05, 4.69) is 21.1 Å². The number of likely N-dealkylation sites (N-methyl/N-ethyl adjacent to an activating group) is 1. The van der Waals surface area contributed by atoms with E-state index in [4.69, 9.17) is 21.1 Å². The molecule has 0 bridgehead atoms. The van der Waals surface area contributed by atoms with Crippen molar-refractivity contribution in [3.63, 3.8) is 0 Å². The highest BCUT2D eigenvalue weighted by Crippen LogP contribution is 2.36. The van der Waals surface area contributed by atoms with Crippen molar-refractivity contribution in [2.75, 3.05) is 56.2 Å². The van der Waals surface area contributed by atoms with E-state index in [1.165, 1.54) is 18.9 Å². The van der Waals surface area contributed by atoms with Crippen LogP contribution in [0.5, 0.6) is 0 Å². The smallest absolute Gasteiger partial charge is 0.228 e. The van der Waals surface area contributed by atoms with Crippen molar-refractivity contribution in [3.05, 3.63) is 53.7 Å². The molecule has 2 fully saturated rings. The van der Waals surface area contributed by atoms with Crippen molar-refractivity contribution >= 4 is 33.4 Å². The highest BCUT2D eigenvalue weighted by Gasteiger charge is 2.25. The molecule has 4 heterocycles. The molecule has 0 amide bonds. The number of pyridine rings is 1. The lowest BCUT2D eigenvalue weighted by atomic mass is 9.96. The molecule has 39 heavy (non-hydrogen) atoms. The number of anilines is 2. The number of aromatic nitrogens is 3. The van der Waals surface area contributed by atoms with Crippen LogP contribution in [-0.2, 0) is 4.74 Å². The van der Waals surface area contributed by atoms with Crippen molar-refractivity contribution in [2.45, 2.75) is 25.3 Å². The zero-order valence-corrected chi connectivity index (χ0v) is 21.9. The van der Waals surface area contributed by atoms with Gasteiger partial charge in [-0.25, -0.2) is 13.8 Å². The van der Waals surface area contributed by atoms with Gasteiger partial charge < -0.3 is 19.9 Å². The molecular weight excluding hydrogens is 498 g/mol. The predicted molar refractivity (Wildman–Crippen MR) is 150 cm³/mol. The summed E-state index contributed by atoms with van der Waals surface area (Å²) in [6, 6.07) is 8.62. The Hall–Kier alpha value is -3.87. The van der Waals surface area contributed by atoms with Crippen LogP contribution in [0.1, 0.15) is 24.8 Å². The highest BCUT2D eigenvalue weighted by atomic mass is 19.1. The van der Waals surface area contributed by atoms with Gasteiger partial charge in [-0.1, -0.05) is 36.6 Å².